The highest BCUT2D eigenvalue weighted by atomic mass is 32.1. The van der Waals surface area contributed by atoms with Crippen LogP contribution in [0, 0.1) is 17.8 Å². The zero-order valence-corrected chi connectivity index (χ0v) is 13.1. The summed E-state index contributed by atoms with van der Waals surface area (Å²) < 4.78 is 11.1. The molecule has 0 N–H and O–H groups in total. The van der Waals surface area contributed by atoms with Crippen LogP contribution in [-0.4, -0.2) is 44.4 Å². The molecule has 1 aliphatic carbocycles. The summed E-state index contributed by atoms with van der Waals surface area (Å²) in [7, 11) is 0. The van der Waals surface area contributed by atoms with Gasteiger partial charge in [0.05, 0.1) is 26.4 Å². The lowest BCUT2D eigenvalue weighted by atomic mass is 10.2. The van der Waals surface area contributed by atoms with Gasteiger partial charge in [-0.2, -0.15) is 0 Å². The topological polar surface area (TPSA) is 21.7 Å². The lowest BCUT2D eigenvalue weighted by Crippen LogP contribution is -2.36. The Kier molecular flexibility index (Phi) is 5.08. The molecule has 3 nitrogen and oxygen atoms in total. The van der Waals surface area contributed by atoms with Gasteiger partial charge in [-0.25, -0.2) is 0 Å². The van der Waals surface area contributed by atoms with Crippen LogP contribution in [0.15, 0.2) is 23.1 Å². The Labute approximate surface area is 132 Å². The number of hydrogen-bond acceptors (Lipinski definition) is 4. The Balaban J connectivity index is 1.58. The third-order valence-corrected chi connectivity index (χ3v) is 3.97. The van der Waals surface area contributed by atoms with Gasteiger partial charge in [-0.15, -0.1) is 12.6 Å². The van der Waals surface area contributed by atoms with E-state index in [-0.39, 0.29) is 0 Å². The van der Waals surface area contributed by atoms with Gasteiger partial charge < -0.3 is 9.47 Å². The normalized spacial score (nSPS) is 18.9. The number of rotatable bonds is 4. The van der Waals surface area contributed by atoms with E-state index in [0.717, 1.165) is 61.6 Å². The maximum absolute atomic E-state index is 5.80. The summed E-state index contributed by atoms with van der Waals surface area (Å²) in [5.41, 5.74) is 0.974. The minimum absolute atomic E-state index is 0.754. The van der Waals surface area contributed by atoms with E-state index in [2.05, 4.69) is 29.4 Å². The Hall–Kier alpha value is -1.15. The van der Waals surface area contributed by atoms with Crippen LogP contribution >= 0.6 is 12.6 Å². The highest BCUT2D eigenvalue weighted by molar-refractivity contribution is 7.80. The Morgan fingerprint density at radius 2 is 2.05 bits per heavy atom. The van der Waals surface area contributed by atoms with Crippen molar-refractivity contribution in [1.29, 1.82) is 0 Å². The SMILES string of the molecule is Sc1cc(C#CCN2CCOCC2)cc(OCC2CC2)c1. The molecule has 1 heterocycles. The molecule has 1 saturated carbocycles. The van der Waals surface area contributed by atoms with E-state index >= 15 is 0 Å². The van der Waals surface area contributed by atoms with Gasteiger partial charge in [0.2, 0.25) is 0 Å². The van der Waals surface area contributed by atoms with E-state index in [4.69, 9.17) is 9.47 Å². The van der Waals surface area contributed by atoms with Crippen LogP contribution in [0.3, 0.4) is 0 Å². The van der Waals surface area contributed by atoms with Crippen molar-refractivity contribution < 1.29 is 9.47 Å². The van der Waals surface area contributed by atoms with Crippen molar-refractivity contribution in [3.63, 3.8) is 0 Å². The van der Waals surface area contributed by atoms with Gasteiger partial charge >= 0.3 is 0 Å². The van der Waals surface area contributed by atoms with Crippen molar-refractivity contribution >= 4 is 12.6 Å². The van der Waals surface area contributed by atoms with E-state index in [1.807, 2.05) is 18.2 Å². The molecule has 2 fully saturated rings. The fourth-order valence-electron chi connectivity index (χ4n) is 2.25. The fourth-order valence-corrected chi connectivity index (χ4v) is 2.52. The standard InChI is InChI=1S/C17H21NO2S/c21-17-11-15(2-1-5-18-6-8-19-9-7-18)10-16(12-17)20-13-14-3-4-14/h10-12,14,21H,3-9,13H2. The molecule has 4 heteroatoms. The fraction of sp³-hybridized carbons (Fsp3) is 0.529. The number of ether oxygens (including phenoxy) is 2. The van der Waals surface area contributed by atoms with Crippen LogP contribution in [0.1, 0.15) is 18.4 Å². The van der Waals surface area contributed by atoms with E-state index in [0.29, 0.717) is 0 Å². The lowest BCUT2D eigenvalue weighted by molar-refractivity contribution is 0.0443. The van der Waals surface area contributed by atoms with Crippen LogP contribution in [0.2, 0.25) is 0 Å². The Morgan fingerprint density at radius 3 is 2.81 bits per heavy atom. The molecule has 1 aromatic rings. The number of morpholine rings is 1. The van der Waals surface area contributed by atoms with Crippen molar-refractivity contribution in [2.24, 2.45) is 5.92 Å². The Morgan fingerprint density at radius 1 is 1.24 bits per heavy atom. The van der Waals surface area contributed by atoms with Crippen molar-refractivity contribution in [2.75, 3.05) is 39.5 Å². The summed E-state index contributed by atoms with van der Waals surface area (Å²) in [6.45, 7) is 5.17. The van der Waals surface area contributed by atoms with Gasteiger partial charge in [-0.1, -0.05) is 11.8 Å². The second kappa shape index (κ2) is 7.22. The molecular formula is C17H21NO2S. The van der Waals surface area contributed by atoms with Crippen LogP contribution in [-0.2, 0) is 4.74 Å². The molecule has 0 spiro atoms. The first-order valence-electron chi connectivity index (χ1n) is 7.55. The molecule has 0 unspecified atom stereocenters. The number of hydrogen-bond donors (Lipinski definition) is 1. The van der Waals surface area contributed by atoms with Crippen LogP contribution in [0.25, 0.3) is 0 Å². The molecule has 0 aromatic heterocycles. The predicted molar refractivity (Wildman–Crippen MR) is 86.1 cm³/mol. The van der Waals surface area contributed by atoms with E-state index in [1.54, 1.807) is 0 Å². The van der Waals surface area contributed by atoms with Gasteiger partial charge in [-0.3, -0.25) is 4.90 Å². The van der Waals surface area contributed by atoms with Crippen LogP contribution < -0.4 is 4.74 Å². The summed E-state index contributed by atoms with van der Waals surface area (Å²) in [4.78, 5) is 3.21. The second-order valence-corrected chi connectivity index (χ2v) is 6.18. The van der Waals surface area contributed by atoms with E-state index in [1.165, 1.54) is 12.8 Å². The quantitative estimate of drug-likeness (QED) is 0.682. The molecule has 0 bridgehead atoms. The van der Waals surface area contributed by atoms with Gasteiger partial charge in [0, 0.05) is 23.5 Å². The first kappa shape index (κ1) is 14.8. The average molecular weight is 303 g/mol. The minimum Gasteiger partial charge on any atom is -0.493 e. The van der Waals surface area contributed by atoms with Crippen LogP contribution in [0.5, 0.6) is 5.75 Å². The number of thiol groups is 1. The lowest BCUT2D eigenvalue weighted by Gasteiger charge is -2.24. The largest absolute Gasteiger partial charge is 0.493 e. The molecule has 2 aliphatic rings. The first-order valence-corrected chi connectivity index (χ1v) is 8.00. The summed E-state index contributed by atoms with van der Waals surface area (Å²) in [5, 5.41) is 0. The number of benzene rings is 1. The summed E-state index contributed by atoms with van der Waals surface area (Å²) in [5.74, 6) is 8.08. The minimum atomic E-state index is 0.754. The van der Waals surface area contributed by atoms with Gasteiger partial charge in [0.1, 0.15) is 5.75 Å². The van der Waals surface area contributed by atoms with Crippen molar-refractivity contribution in [1.82, 2.24) is 4.90 Å². The third kappa shape index (κ3) is 4.96. The molecule has 0 amide bonds. The van der Waals surface area contributed by atoms with Crippen molar-refractivity contribution in [2.45, 2.75) is 17.7 Å². The highest BCUT2D eigenvalue weighted by Crippen LogP contribution is 2.30. The average Bonchev–Trinajstić information content (AvgIpc) is 3.30. The summed E-state index contributed by atoms with van der Waals surface area (Å²) >= 11 is 4.43. The predicted octanol–water partition coefficient (Wildman–Crippen LogP) is 2.45. The van der Waals surface area contributed by atoms with Gasteiger partial charge in [-0.05, 0) is 37.0 Å². The maximum atomic E-state index is 5.80. The van der Waals surface area contributed by atoms with Crippen LogP contribution in [0.4, 0.5) is 0 Å². The Bertz CT molecular complexity index is 539. The summed E-state index contributed by atoms with van der Waals surface area (Å²) in [6, 6.07) is 5.95. The molecule has 0 atom stereocenters. The highest BCUT2D eigenvalue weighted by Gasteiger charge is 2.21. The molecule has 112 valence electrons. The van der Waals surface area contributed by atoms with Crippen molar-refractivity contribution in [3.05, 3.63) is 23.8 Å². The molecule has 1 aromatic carbocycles. The van der Waals surface area contributed by atoms with Crippen molar-refractivity contribution in [3.8, 4) is 17.6 Å². The molecular weight excluding hydrogens is 282 g/mol. The second-order valence-electron chi connectivity index (χ2n) is 5.66. The maximum Gasteiger partial charge on any atom is 0.121 e. The van der Waals surface area contributed by atoms with Gasteiger partial charge in [0.15, 0.2) is 0 Å². The monoisotopic (exact) mass is 303 g/mol. The first-order chi connectivity index (χ1) is 10.3. The summed E-state index contributed by atoms with van der Waals surface area (Å²) in [6.07, 6.45) is 2.60. The van der Waals surface area contributed by atoms with E-state index in [9.17, 15) is 0 Å². The zero-order chi connectivity index (χ0) is 14.5. The van der Waals surface area contributed by atoms with Gasteiger partial charge in [0.25, 0.3) is 0 Å². The number of nitrogens with zero attached hydrogens (tertiary/aromatic N) is 1. The molecule has 3 rings (SSSR count). The smallest absolute Gasteiger partial charge is 0.121 e. The molecule has 0 radical (unpaired) electrons. The molecule has 1 saturated heterocycles. The third-order valence-electron chi connectivity index (χ3n) is 3.71. The zero-order valence-electron chi connectivity index (χ0n) is 12.2. The molecule has 21 heavy (non-hydrogen) atoms. The van der Waals surface area contributed by atoms with E-state index < -0.39 is 0 Å². The molecule has 1 aliphatic heterocycles.